The van der Waals surface area contributed by atoms with E-state index in [1.807, 2.05) is 0 Å². The molecule has 0 aromatic rings. The number of rotatable bonds is 1. The highest BCUT2D eigenvalue weighted by atomic mass is 15.2. The zero-order chi connectivity index (χ0) is 8.55. The third kappa shape index (κ3) is 1.50. The smallest absolute Gasteiger partial charge is 0.00387 e. The van der Waals surface area contributed by atoms with Crippen LogP contribution in [-0.4, -0.2) is 37.1 Å². The second-order valence-corrected chi connectivity index (χ2v) is 4.56. The average Bonchev–Trinajstić information content (AvgIpc) is 2.49. The van der Waals surface area contributed by atoms with E-state index in [0.717, 1.165) is 17.9 Å². The van der Waals surface area contributed by atoms with Crippen molar-refractivity contribution in [1.82, 2.24) is 10.2 Å². The first kappa shape index (κ1) is 8.52. The van der Waals surface area contributed by atoms with E-state index < -0.39 is 0 Å². The molecule has 0 aliphatic carbocycles. The average molecular weight is 168 g/mol. The van der Waals surface area contributed by atoms with Crippen LogP contribution in [0.3, 0.4) is 0 Å². The number of piperidine rings is 1. The molecule has 2 heteroatoms. The van der Waals surface area contributed by atoms with Crippen molar-refractivity contribution in [3.05, 3.63) is 0 Å². The summed E-state index contributed by atoms with van der Waals surface area (Å²) in [6, 6.07) is 0.742. The Morgan fingerprint density at radius 2 is 2.00 bits per heavy atom. The van der Waals surface area contributed by atoms with Crippen LogP contribution in [0, 0.1) is 11.8 Å². The quantitative estimate of drug-likeness (QED) is 0.627. The Hall–Kier alpha value is -0.0800. The summed E-state index contributed by atoms with van der Waals surface area (Å²) in [4.78, 5) is 2.62. The highest BCUT2D eigenvalue weighted by molar-refractivity contribution is 4.88. The molecule has 0 radical (unpaired) electrons. The molecule has 2 saturated heterocycles. The number of nitrogens with one attached hydrogen (secondary N) is 1. The van der Waals surface area contributed by atoms with Crippen molar-refractivity contribution in [1.29, 1.82) is 0 Å². The van der Waals surface area contributed by atoms with Gasteiger partial charge in [-0.1, -0.05) is 0 Å². The van der Waals surface area contributed by atoms with E-state index in [-0.39, 0.29) is 0 Å². The highest BCUT2D eigenvalue weighted by Gasteiger charge is 2.33. The van der Waals surface area contributed by atoms with E-state index >= 15 is 0 Å². The van der Waals surface area contributed by atoms with Crippen LogP contribution >= 0.6 is 0 Å². The van der Waals surface area contributed by atoms with E-state index in [1.54, 1.807) is 0 Å². The van der Waals surface area contributed by atoms with Crippen molar-refractivity contribution in [2.45, 2.75) is 26.3 Å². The predicted octanol–water partition coefficient (Wildman–Crippen LogP) is 0.936. The summed E-state index contributed by atoms with van der Waals surface area (Å²) in [5.41, 5.74) is 0. The minimum absolute atomic E-state index is 0.742. The van der Waals surface area contributed by atoms with Crippen LogP contribution in [0.1, 0.15) is 20.3 Å². The van der Waals surface area contributed by atoms with Crippen LogP contribution in [-0.2, 0) is 0 Å². The Bertz CT molecular complexity index is 156. The maximum absolute atomic E-state index is 3.50. The molecule has 1 N–H and O–H groups in total. The topological polar surface area (TPSA) is 15.3 Å². The molecule has 2 rings (SSSR count). The van der Waals surface area contributed by atoms with Crippen LogP contribution in [0.5, 0.6) is 0 Å². The Morgan fingerprint density at radius 1 is 1.25 bits per heavy atom. The molecule has 2 atom stereocenters. The molecule has 2 aliphatic heterocycles. The molecule has 0 amide bonds. The second kappa shape index (κ2) is 3.35. The molecule has 2 aliphatic rings. The summed E-state index contributed by atoms with van der Waals surface area (Å²) in [5, 5.41) is 3.50. The molecule has 12 heavy (non-hydrogen) atoms. The van der Waals surface area contributed by atoms with Gasteiger partial charge in [-0.05, 0) is 51.7 Å². The molecular weight excluding hydrogens is 148 g/mol. The number of hydrogen-bond donors (Lipinski definition) is 1. The van der Waals surface area contributed by atoms with Gasteiger partial charge in [-0.2, -0.15) is 0 Å². The second-order valence-electron chi connectivity index (χ2n) is 4.56. The molecule has 2 fully saturated rings. The fourth-order valence-electron chi connectivity index (χ4n) is 2.53. The van der Waals surface area contributed by atoms with E-state index in [1.165, 1.54) is 32.6 Å². The Morgan fingerprint density at radius 3 is 2.75 bits per heavy atom. The third-order valence-corrected chi connectivity index (χ3v) is 3.47. The van der Waals surface area contributed by atoms with Gasteiger partial charge in [-0.3, -0.25) is 0 Å². The Labute approximate surface area is 75.3 Å². The van der Waals surface area contributed by atoms with Crippen LogP contribution < -0.4 is 5.32 Å². The monoisotopic (exact) mass is 168 g/mol. The Balaban J connectivity index is 1.92. The van der Waals surface area contributed by atoms with Gasteiger partial charge in [-0.15, -0.1) is 0 Å². The summed E-state index contributed by atoms with van der Waals surface area (Å²) in [6.07, 6.45) is 1.41. The molecular formula is C10H20N2. The molecule has 2 nitrogen and oxygen atoms in total. The van der Waals surface area contributed by atoms with E-state index in [9.17, 15) is 0 Å². The summed E-state index contributed by atoms with van der Waals surface area (Å²) >= 11 is 0. The molecule has 0 aromatic heterocycles. The van der Waals surface area contributed by atoms with Gasteiger partial charge in [0.05, 0.1) is 0 Å². The molecule has 0 bridgehead atoms. The Kier molecular flexibility index (Phi) is 2.37. The largest absolute Gasteiger partial charge is 0.316 e. The molecule has 70 valence electrons. The summed E-state index contributed by atoms with van der Waals surface area (Å²) in [6.45, 7) is 9.80. The van der Waals surface area contributed by atoms with Crippen molar-refractivity contribution in [2.24, 2.45) is 11.8 Å². The first-order valence-corrected chi connectivity index (χ1v) is 5.22. The lowest BCUT2D eigenvalue weighted by atomic mass is 9.88. The van der Waals surface area contributed by atoms with Gasteiger partial charge in [0.2, 0.25) is 0 Å². The molecule has 0 aromatic carbocycles. The SMILES string of the molecule is CC(C)N1CC[C@H]2CNC[C@H]2C1. The van der Waals surface area contributed by atoms with Gasteiger partial charge in [0.1, 0.15) is 0 Å². The maximum atomic E-state index is 3.50. The van der Waals surface area contributed by atoms with Crippen molar-refractivity contribution in [3.8, 4) is 0 Å². The van der Waals surface area contributed by atoms with Crippen LogP contribution in [0.4, 0.5) is 0 Å². The van der Waals surface area contributed by atoms with Crippen molar-refractivity contribution in [2.75, 3.05) is 26.2 Å². The molecule has 0 saturated carbocycles. The first-order chi connectivity index (χ1) is 5.77. The zero-order valence-electron chi connectivity index (χ0n) is 8.21. The van der Waals surface area contributed by atoms with Crippen molar-refractivity contribution < 1.29 is 0 Å². The lowest BCUT2D eigenvalue weighted by Gasteiger charge is -2.36. The van der Waals surface area contributed by atoms with Crippen LogP contribution in [0.15, 0.2) is 0 Å². The van der Waals surface area contributed by atoms with Crippen LogP contribution in [0.25, 0.3) is 0 Å². The fraction of sp³-hybridized carbons (Fsp3) is 1.00. The third-order valence-electron chi connectivity index (χ3n) is 3.47. The van der Waals surface area contributed by atoms with Crippen LogP contribution in [0.2, 0.25) is 0 Å². The summed E-state index contributed by atoms with van der Waals surface area (Å²) in [7, 11) is 0. The minimum Gasteiger partial charge on any atom is -0.316 e. The number of likely N-dealkylation sites (tertiary alicyclic amines) is 1. The zero-order valence-corrected chi connectivity index (χ0v) is 8.21. The van der Waals surface area contributed by atoms with E-state index in [4.69, 9.17) is 0 Å². The van der Waals surface area contributed by atoms with Gasteiger partial charge < -0.3 is 10.2 Å². The van der Waals surface area contributed by atoms with Gasteiger partial charge in [0, 0.05) is 12.6 Å². The lowest BCUT2D eigenvalue weighted by Crippen LogP contribution is -2.43. The highest BCUT2D eigenvalue weighted by Crippen LogP contribution is 2.27. The summed E-state index contributed by atoms with van der Waals surface area (Å²) in [5.74, 6) is 1.93. The standard InChI is InChI=1S/C10H20N2/c1-8(2)12-4-3-9-5-11-6-10(9)7-12/h8-11H,3-7H2,1-2H3/t9-,10-/m0/s1. The van der Waals surface area contributed by atoms with E-state index in [0.29, 0.717) is 0 Å². The van der Waals surface area contributed by atoms with Gasteiger partial charge >= 0.3 is 0 Å². The molecule has 2 heterocycles. The van der Waals surface area contributed by atoms with Gasteiger partial charge in [0.15, 0.2) is 0 Å². The van der Waals surface area contributed by atoms with Gasteiger partial charge in [0.25, 0.3) is 0 Å². The normalized spacial score (nSPS) is 37.2. The first-order valence-electron chi connectivity index (χ1n) is 5.22. The van der Waals surface area contributed by atoms with Gasteiger partial charge in [-0.25, -0.2) is 0 Å². The van der Waals surface area contributed by atoms with E-state index in [2.05, 4.69) is 24.1 Å². The number of hydrogen-bond acceptors (Lipinski definition) is 2. The lowest BCUT2D eigenvalue weighted by molar-refractivity contribution is 0.118. The molecule has 0 spiro atoms. The number of fused-ring (bicyclic) bond motifs is 1. The maximum Gasteiger partial charge on any atom is 0.00387 e. The van der Waals surface area contributed by atoms with Crippen molar-refractivity contribution >= 4 is 0 Å². The predicted molar refractivity (Wildman–Crippen MR) is 51.2 cm³/mol. The minimum atomic E-state index is 0.742. The molecule has 0 unspecified atom stereocenters. The fourth-order valence-corrected chi connectivity index (χ4v) is 2.53. The number of nitrogens with zero attached hydrogens (tertiary/aromatic N) is 1. The summed E-state index contributed by atoms with van der Waals surface area (Å²) < 4.78 is 0. The van der Waals surface area contributed by atoms with Crippen molar-refractivity contribution in [3.63, 3.8) is 0 Å².